The van der Waals surface area contributed by atoms with E-state index in [-0.39, 0.29) is 0 Å². The quantitative estimate of drug-likeness (QED) is 0.751. The molecule has 3 nitrogen and oxygen atoms in total. The van der Waals surface area contributed by atoms with Crippen LogP contribution in [-0.4, -0.2) is 16.0 Å². The number of benzene rings is 1. The Labute approximate surface area is 135 Å². The van der Waals surface area contributed by atoms with Gasteiger partial charge in [-0.15, -0.1) is 11.3 Å². The molecule has 1 aliphatic carbocycles. The summed E-state index contributed by atoms with van der Waals surface area (Å²) in [7, 11) is 0. The summed E-state index contributed by atoms with van der Waals surface area (Å²) in [6.07, 6.45) is 2.60. The highest BCUT2D eigenvalue weighted by Crippen LogP contribution is 2.31. The van der Waals surface area contributed by atoms with Gasteiger partial charge in [0.2, 0.25) is 0 Å². The van der Waals surface area contributed by atoms with Gasteiger partial charge in [0.05, 0.1) is 11.2 Å². The number of halogens is 1. The molecule has 3 aromatic rings. The third kappa shape index (κ3) is 2.86. The molecule has 0 radical (unpaired) electrons. The fraction of sp³-hybridized carbons (Fsp3) is 0.250. The van der Waals surface area contributed by atoms with E-state index in [1.165, 1.54) is 12.8 Å². The average molecular weight is 360 g/mol. The van der Waals surface area contributed by atoms with Crippen LogP contribution in [0.2, 0.25) is 0 Å². The number of pyridine rings is 1. The van der Waals surface area contributed by atoms with Gasteiger partial charge in [-0.1, -0.05) is 18.2 Å². The molecule has 1 aliphatic rings. The molecule has 21 heavy (non-hydrogen) atoms. The van der Waals surface area contributed by atoms with Crippen LogP contribution in [0, 0.1) is 0 Å². The number of rotatable bonds is 4. The van der Waals surface area contributed by atoms with Gasteiger partial charge in [0.15, 0.2) is 0 Å². The molecule has 0 unspecified atom stereocenters. The molecular weight excluding hydrogens is 346 g/mol. The Kier molecular flexibility index (Phi) is 3.49. The molecule has 2 heterocycles. The number of nitrogens with zero attached hydrogens (tertiary/aromatic N) is 2. The minimum Gasteiger partial charge on any atom is -0.308 e. The molecule has 1 fully saturated rings. The lowest BCUT2D eigenvalue weighted by Crippen LogP contribution is -2.15. The van der Waals surface area contributed by atoms with Crippen molar-refractivity contribution < 1.29 is 0 Å². The first-order valence-corrected chi connectivity index (χ1v) is 8.70. The molecule has 0 aliphatic heterocycles. The monoisotopic (exact) mass is 359 g/mol. The first-order valence-electron chi connectivity index (χ1n) is 7.03. The Morgan fingerprint density at radius 3 is 2.95 bits per heavy atom. The van der Waals surface area contributed by atoms with Crippen LogP contribution in [0.25, 0.3) is 21.6 Å². The minimum atomic E-state index is 0.709. The van der Waals surface area contributed by atoms with Crippen LogP contribution in [0.1, 0.15) is 18.5 Å². The maximum atomic E-state index is 4.75. The highest BCUT2D eigenvalue weighted by atomic mass is 79.9. The molecule has 5 heteroatoms. The van der Waals surface area contributed by atoms with Crippen molar-refractivity contribution in [2.45, 2.75) is 25.4 Å². The van der Waals surface area contributed by atoms with E-state index in [0.717, 1.165) is 38.3 Å². The van der Waals surface area contributed by atoms with Crippen molar-refractivity contribution in [3.05, 3.63) is 45.9 Å². The molecule has 0 spiro atoms. The number of aromatic nitrogens is 2. The van der Waals surface area contributed by atoms with Crippen molar-refractivity contribution in [1.29, 1.82) is 0 Å². The number of fused-ring (bicyclic) bond motifs is 1. The zero-order valence-corrected chi connectivity index (χ0v) is 13.7. The summed E-state index contributed by atoms with van der Waals surface area (Å²) in [4.78, 5) is 9.46. The van der Waals surface area contributed by atoms with E-state index < -0.39 is 0 Å². The van der Waals surface area contributed by atoms with E-state index >= 15 is 0 Å². The predicted octanol–water partition coefficient (Wildman–Crippen LogP) is 4.37. The lowest BCUT2D eigenvalue weighted by atomic mass is 10.2. The van der Waals surface area contributed by atoms with Crippen LogP contribution in [0.15, 0.2) is 40.2 Å². The van der Waals surface area contributed by atoms with Crippen LogP contribution < -0.4 is 5.32 Å². The van der Waals surface area contributed by atoms with Gasteiger partial charge in [0, 0.05) is 27.8 Å². The van der Waals surface area contributed by atoms with Gasteiger partial charge in [-0.25, -0.2) is 9.97 Å². The highest BCUT2D eigenvalue weighted by molar-refractivity contribution is 9.10. The summed E-state index contributed by atoms with van der Waals surface area (Å²) in [6.45, 7) is 0.854. The number of hydrogen-bond acceptors (Lipinski definition) is 4. The zero-order valence-electron chi connectivity index (χ0n) is 11.3. The van der Waals surface area contributed by atoms with Gasteiger partial charge < -0.3 is 5.32 Å². The number of hydrogen-bond donors (Lipinski definition) is 1. The highest BCUT2D eigenvalue weighted by Gasteiger charge is 2.20. The fourth-order valence-corrected chi connectivity index (χ4v) is 3.75. The molecule has 0 atom stereocenters. The zero-order chi connectivity index (χ0) is 14.2. The summed E-state index contributed by atoms with van der Waals surface area (Å²) >= 11 is 5.28. The van der Waals surface area contributed by atoms with Crippen molar-refractivity contribution in [2.24, 2.45) is 0 Å². The van der Waals surface area contributed by atoms with Gasteiger partial charge in [-0.2, -0.15) is 0 Å². The van der Waals surface area contributed by atoms with Gasteiger partial charge in [-0.05, 0) is 40.9 Å². The SMILES string of the molecule is Brc1cc2ccccc2nc1-c1nc(CNC2CC2)cs1. The summed E-state index contributed by atoms with van der Waals surface area (Å²) in [6, 6.07) is 11.0. The summed E-state index contributed by atoms with van der Waals surface area (Å²) in [5, 5.41) is 7.72. The first-order chi connectivity index (χ1) is 10.3. The third-order valence-electron chi connectivity index (χ3n) is 3.58. The van der Waals surface area contributed by atoms with Gasteiger partial charge in [0.25, 0.3) is 0 Å². The summed E-state index contributed by atoms with van der Waals surface area (Å²) in [5.41, 5.74) is 3.03. The average Bonchev–Trinajstić information content (AvgIpc) is 3.21. The lowest BCUT2D eigenvalue weighted by molar-refractivity contribution is 0.678. The van der Waals surface area contributed by atoms with E-state index in [9.17, 15) is 0 Å². The Balaban J connectivity index is 1.66. The van der Waals surface area contributed by atoms with Crippen molar-refractivity contribution in [2.75, 3.05) is 0 Å². The maximum Gasteiger partial charge on any atom is 0.143 e. The molecule has 1 saturated carbocycles. The standard InChI is InChI=1S/C16H14BrN3S/c17-13-7-10-3-1-2-4-14(10)20-15(13)16-19-12(9-21-16)8-18-11-5-6-11/h1-4,7,9,11,18H,5-6,8H2. The second kappa shape index (κ2) is 5.48. The number of para-hydroxylation sites is 1. The summed E-state index contributed by atoms with van der Waals surface area (Å²) in [5.74, 6) is 0. The van der Waals surface area contributed by atoms with E-state index in [1.54, 1.807) is 11.3 Å². The topological polar surface area (TPSA) is 37.8 Å². The first kappa shape index (κ1) is 13.4. The molecule has 0 amide bonds. The van der Waals surface area contributed by atoms with E-state index in [2.05, 4.69) is 38.8 Å². The van der Waals surface area contributed by atoms with E-state index in [1.807, 2.05) is 18.2 Å². The predicted molar refractivity (Wildman–Crippen MR) is 90.4 cm³/mol. The molecule has 0 bridgehead atoms. The Morgan fingerprint density at radius 2 is 2.10 bits per heavy atom. The Bertz CT molecular complexity index is 795. The third-order valence-corrected chi connectivity index (χ3v) is 5.08. The van der Waals surface area contributed by atoms with Crippen molar-refractivity contribution in [1.82, 2.24) is 15.3 Å². The molecule has 1 aromatic carbocycles. The molecule has 1 N–H and O–H groups in total. The molecule has 2 aromatic heterocycles. The molecule has 106 valence electrons. The normalized spacial score (nSPS) is 14.7. The lowest BCUT2D eigenvalue weighted by Gasteiger charge is -2.03. The van der Waals surface area contributed by atoms with Gasteiger partial charge in [0.1, 0.15) is 10.7 Å². The second-order valence-corrected chi connectivity index (χ2v) is 7.02. The largest absolute Gasteiger partial charge is 0.308 e. The van der Waals surface area contributed by atoms with Crippen molar-refractivity contribution >= 4 is 38.2 Å². The smallest absolute Gasteiger partial charge is 0.143 e. The van der Waals surface area contributed by atoms with Gasteiger partial charge >= 0.3 is 0 Å². The van der Waals surface area contributed by atoms with Crippen LogP contribution in [-0.2, 0) is 6.54 Å². The van der Waals surface area contributed by atoms with Crippen LogP contribution in [0.5, 0.6) is 0 Å². The second-order valence-electron chi connectivity index (χ2n) is 5.31. The van der Waals surface area contributed by atoms with Crippen molar-refractivity contribution in [3.8, 4) is 10.7 Å². The number of thiazole rings is 1. The maximum absolute atomic E-state index is 4.75. The minimum absolute atomic E-state index is 0.709. The summed E-state index contributed by atoms with van der Waals surface area (Å²) < 4.78 is 0.997. The van der Waals surface area contributed by atoms with Crippen LogP contribution in [0.3, 0.4) is 0 Å². The van der Waals surface area contributed by atoms with E-state index in [0.29, 0.717) is 6.04 Å². The fourth-order valence-electron chi connectivity index (χ4n) is 2.27. The molecule has 4 rings (SSSR count). The Morgan fingerprint density at radius 1 is 1.24 bits per heavy atom. The van der Waals surface area contributed by atoms with Crippen LogP contribution >= 0.6 is 27.3 Å². The number of nitrogens with one attached hydrogen (secondary N) is 1. The molecule has 0 saturated heterocycles. The van der Waals surface area contributed by atoms with E-state index in [4.69, 9.17) is 9.97 Å². The Hall–Kier alpha value is -1.30. The van der Waals surface area contributed by atoms with Gasteiger partial charge in [-0.3, -0.25) is 0 Å². The van der Waals surface area contributed by atoms with Crippen LogP contribution in [0.4, 0.5) is 0 Å². The van der Waals surface area contributed by atoms with Crippen molar-refractivity contribution in [3.63, 3.8) is 0 Å². The molecular formula is C16H14BrN3S.